The van der Waals surface area contributed by atoms with Crippen LogP contribution in [-0.2, 0) is 11.2 Å². The first-order valence-electron chi connectivity index (χ1n) is 12.7. The average Bonchev–Trinajstić information content (AvgIpc) is 2.85. The van der Waals surface area contributed by atoms with E-state index in [1.54, 1.807) is 0 Å². The maximum Gasteiger partial charge on any atom is 0.254 e. The highest BCUT2D eigenvalue weighted by atomic mass is 16.5. The lowest BCUT2D eigenvalue weighted by atomic mass is 9.75. The number of carbonyl (C=O) groups excluding carboxylic acids is 2. The van der Waals surface area contributed by atoms with E-state index in [1.807, 2.05) is 55.1 Å². The van der Waals surface area contributed by atoms with E-state index in [2.05, 4.69) is 5.32 Å². The topological polar surface area (TPSA) is 67.9 Å². The molecule has 1 fully saturated rings. The van der Waals surface area contributed by atoms with Crippen molar-refractivity contribution in [1.82, 2.24) is 10.2 Å². The maximum atomic E-state index is 13.9. The van der Waals surface area contributed by atoms with E-state index < -0.39 is 5.92 Å². The van der Waals surface area contributed by atoms with Crippen molar-refractivity contribution in [3.05, 3.63) is 58.7 Å². The Morgan fingerprint density at radius 2 is 1.71 bits per heavy atom. The second-order valence-electron chi connectivity index (χ2n) is 9.47. The van der Waals surface area contributed by atoms with Crippen LogP contribution in [0.2, 0.25) is 0 Å². The zero-order valence-corrected chi connectivity index (χ0v) is 20.1. The van der Waals surface area contributed by atoms with Gasteiger partial charge < -0.3 is 19.7 Å². The number of carbonyl (C=O) groups is 2. The molecule has 6 heteroatoms. The van der Waals surface area contributed by atoms with Crippen molar-refractivity contribution in [1.29, 1.82) is 0 Å². The molecule has 0 unspecified atom stereocenters. The Labute approximate surface area is 201 Å². The Morgan fingerprint density at radius 3 is 2.44 bits per heavy atom. The molecule has 5 rings (SSSR count). The quantitative estimate of drug-likeness (QED) is 0.672. The van der Waals surface area contributed by atoms with Gasteiger partial charge in [0.25, 0.3) is 5.91 Å². The molecular formula is C28H34N2O4. The molecule has 0 bridgehead atoms. The molecule has 2 amide bonds. The third-order valence-electron chi connectivity index (χ3n) is 7.42. The molecule has 6 nitrogen and oxygen atoms in total. The van der Waals surface area contributed by atoms with Gasteiger partial charge in [-0.05, 0) is 68.0 Å². The number of benzene rings is 2. The predicted octanol–water partition coefficient (Wildman–Crippen LogP) is 4.77. The van der Waals surface area contributed by atoms with Gasteiger partial charge in [0.1, 0.15) is 0 Å². The normalized spacial score (nSPS) is 21.8. The Kier molecular flexibility index (Phi) is 6.48. The first-order valence-corrected chi connectivity index (χ1v) is 12.7. The maximum absolute atomic E-state index is 13.9. The zero-order chi connectivity index (χ0) is 23.7. The third kappa shape index (κ3) is 4.04. The molecule has 2 atom stereocenters. The number of hydrogen-bond acceptors (Lipinski definition) is 4. The van der Waals surface area contributed by atoms with Gasteiger partial charge in [-0.2, -0.15) is 0 Å². The smallest absolute Gasteiger partial charge is 0.254 e. The molecule has 1 aliphatic carbocycles. The summed E-state index contributed by atoms with van der Waals surface area (Å²) in [6.45, 7) is 5.55. The van der Waals surface area contributed by atoms with E-state index in [-0.39, 0.29) is 23.9 Å². The Hall–Kier alpha value is -3.02. The van der Waals surface area contributed by atoms with Gasteiger partial charge >= 0.3 is 0 Å². The van der Waals surface area contributed by atoms with Gasteiger partial charge in [-0.15, -0.1) is 0 Å². The minimum absolute atomic E-state index is 0.000175. The standard InChI is InChI=1S/C28H34N2O4/c1-3-33-23-16-18-14-15-30-26(22(18)17-24(23)34-4-2)25(20-12-8-9-13-21(20)28(30)32)27(31)29-19-10-6-5-7-11-19/h8-9,12-13,16-17,19,25-26H,3-7,10-11,14-15H2,1-2H3,(H,29,31)/t25-,26+/m0/s1. The van der Waals surface area contributed by atoms with Gasteiger partial charge in [-0.25, -0.2) is 0 Å². The molecule has 0 saturated heterocycles. The van der Waals surface area contributed by atoms with Gasteiger partial charge in [0, 0.05) is 18.2 Å². The van der Waals surface area contributed by atoms with Crippen LogP contribution in [0.3, 0.4) is 0 Å². The fraction of sp³-hybridized carbons (Fsp3) is 0.500. The highest BCUT2D eigenvalue weighted by Gasteiger charge is 2.47. The SMILES string of the molecule is CCOc1cc2c(cc1OCC)[C@@H]1[C@@H](C(=O)NC3CCCCC3)c3ccccc3C(=O)N1CC2. The van der Waals surface area contributed by atoms with E-state index in [0.717, 1.165) is 54.5 Å². The highest BCUT2D eigenvalue weighted by Crippen LogP contribution is 2.48. The lowest BCUT2D eigenvalue weighted by Gasteiger charge is -2.45. The number of ether oxygens (including phenoxy) is 2. The minimum Gasteiger partial charge on any atom is -0.490 e. The van der Waals surface area contributed by atoms with Crippen molar-refractivity contribution < 1.29 is 19.1 Å². The highest BCUT2D eigenvalue weighted by molar-refractivity contribution is 6.01. The summed E-state index contributed by atoms with van der Waals surface area (Å²) in [7, 11) is 0. The molecule has 0 aromatic heterocycles. The van der Waals surface area contributed by atoms with Crippen LogP contribution in [0.15, 0.2) is 36.4 Å². The number of nitrogens with one attached hydrogen (secondary N) is 1. The van der Waals surface area contributed by atoms with Gasteiger partial charge in [-0.1, -0.05) is 37.5 Å². The van der Waals surface area contributed by atoms with Crippen molar-refractivity contribution in [2.24, 2.45) is 0 Å². The molecular weight excluding hydrogens is 428 g/mol. The summed E-state index contributed by atoms with van der Waals surface area (Å²) in [5.41, 5.74) is 3.57. The van der Waals surface area contributed by atoms with E-state index in [0.29, 0.717) is 31.1 Å². The van der Waals surface area contributed by atoms with Gasteiger partial charge in [-0.3, -0.25) is 9.59 Å². The number of hydrogen-bond donors (Lipinski definition) is 1. The lowest BCUT2D eigenvalue weighted by Crippen LogP contribution is -2.51. The van der Waals surface area contributed by atoms with Crippen LogP contribution in [0.1, 0.15) is 85.0 Å². The first kappa shape index (κ1) is 22.8. The Bertz CT molecular complexity index is 1080. The monoisotopic (exact) mass is 462 g/mol. The molecule has 0 radical (unpaired) electrons. The number of amides is 2. The van der Waals surface area contributed by atoms with Crippen LogP contribution in [0.5, 0.6) is 11.5 Å². The summed E-state index contributed by atoms with van der Waals surface area (Å²) in [5.74, 6) is 0.952. The summed E-state index contributed by atoms with van der Waals surface area (Å²) in [5, 5.41) is 3.35. The van der Waals surface area contributed by atoms with Crippen molar-refractivity contribution >= 4 is 11.8 Å². The average molecular weight is 463 g/mol. The van der Waals surface area contributed by atoms with Gasteiger partial charge in [0.2, 0.25) is 5.91 Å². The predicted molar refractivity (Wildman–Crippen MR) is 130 cm³/mol. The van der Waals surface area contributed by atoms with Gasteiger partial charge in [0.05, 0.1) is 25.2 Å². The van der Waals surface area contributed by atoms with Crippen LogP contribution in [0, 0.1) is 0 Å². The second-order valence-corrected chi connectivity index (χ2v) is 9.47. The van der Waals surface area contributed by atoms with E-state index in [1.165, 1.54) is 6.42 Å². The Morgan fingerprint density at radius 1 is 1.00 bits per heavy atom. The third-order valence-corrected chi connectivity index (χ3v) is 7.42. The van der Waals surface area contributed by atoms with E-state index in [4.69, 9.17) is 9.47 Å². The van der Waals surface area contributed by atoms with Crippen molar-refractivity contribution in [2.45, 2.75) is 70.4 Å². The molecule has 2 aromatic carbocycles. The number of nitrogens with zero attached hydrogens (tertiary/aromatic N) is 1. The summed E-state index contributed by atoms with van der Waals surface area (Å²) in [4.78, 5) is 29.3. The molecule has 2 heterocycles. The van der Waals surface area contributed by atoms with Crippen LogP contribution < -0.4 is 14.8 Å². The summed E-state index contributed by atoms with van der Waals surface area (Å²) in [6, 6.07) is 11.5. The van der Waals surface area contributed by atoms with Crippen LogP contribution in [-0.4, -0.2) is 42.5 Å². The molecule has 3 aliphatic rings. The van der Waals surface area contributed by atoms with Crippen LogP contribution in [0.25, 0.3) is 0 Å². The fourth-order valence-corrected chi connectivity index (χ4v) is 5.89. The van der Waals surface area contributed by atoms with Gasteiger partial charge in [0.15, 0.2) is 11.5 Å². The van der Waals surface area contributed by atoms with Crippen molar-refractivity contribution in [3.8, 4) is 11.5 Å². The molecule has 180 valence electrons. The van der Waals surface area contributed by atoms with E-state index >= 15 is 0 Å². The second kappa shape index (κ2) is 9.69. The summed E-state index contributed by atoms with van der Waals surface area (Å²) >= 11 is 0. The molecule has 0 spiro atoms. The number of fused-ring (bicyclic) bond motifs is 4. The van der Waals surface area contributed by atoms with Crippen LogP contribution >= 0.6 is 0 Å². The van der Waals surface area contributed by atoms with Crippen molar-refractivity contribution in [3.63, 3.8) is 0 Å². The molecule has 1 N–H and O–H groups in total. The first-order chi connectivity index (χ1) is 16.6. The zero-order valence-electron chi connectivity index (χ0n) is 20.1. The molecule has 1 saturated carbocycles. The molecule has 2 aromatic rings. The van der Waals surface area contributed by atoms with Crippen molar-refractivity contribution in [2.75, 3.05) is 19.8 Å². The summed E-state index contributed by atoms with van der Waals surface area (Å²) in [6.07, 6.45) is 6.32. The lowest BCUT2D eigenvalue weighted by molar-refractivity contribution is -0.125. The minimum atomic E-state index is -0.456. The Balaban J connectivity index is 1.60. The fourth-order valence-electron chi connectivity index (χ4n) is 5.89. The number of rotatable bonds is 6. The molecule has 2 aliphatic heterocycles. The van der Waals surface area contributed by atoms with E-state index in [9.17, 15) is 9.59 Å². The van der Waals surface area contributed by atoms with Crippen LogP contribution in [0.4, 0.5) is 0 Å². The largest absolute Gasteiger partial charge is 0.490 e. The molecule has 34 heavy (non-hydrogen) atoms. The summed E-state index contributed by atoms with van der Waals surface area (Å²) < 4.78 is 11.8.